The summed E-state index contributed by atoms with van der Waals surface area (Å²) in [4.78, 5) is 13.2. The molecule has 0 saturated carbocycles. The number of hydrogen-bond acceptors (Lipinski definition) is 3. The van der Waals surface area contributed by atoms with E-state index in [1.807, 2.05) is 42.5 Å². The van der Waals surface area contributed by atoms with E-state index in [2.05, 4.69) is 17.4 Å². The second-order valence-corrected chi connectivity index (χ2v) is 5.68. The lowest BCUT2D eigenvalue weighted by molar-refractivity contribution is -0.116. The average Bonchev–Trinajstić information content (AvgIpc) is 2.53. The molecule has 0 bridgehead atoms. The largest absolute Gasteiger partial charge is 0.495 e. The van der Waals surface area contributed by atoms with Crippen LogP contribution >= 0.6 is 11.8 Å². The molecule has 2 rings (SSSR count). The topological polar surface area (TPSA) is 38.3 Å². The van der Waals surface area contributed by atoms with Crippen molar-refractivity contribution in [2.75, 3.05) is 18.2 Å². The summed E-state index contributed by atoms with van der Waals surface area (Å²) >= 11 is 1.77. The first-order valence-electron chi connectivity index (χ1n) is 6.90. The van der Waals surface area contributed by atoms with Crippen molar-refractivity contribution < 1.29 is 9.53 Å². The van der Waals surface area contributed by atoms with E-state index >= 15 is 0 Å². The van der Waals surface area contributed by atoms with Gasteiger partial charge < -0.3 is 10.1 Å². The quantitative estimate of drug-likeness (QED) is 0.615. The first kappa shape index (κ1) is 15.4. The summed E-state index contributed by atoms with van der Waals surface area (Å²) in [6.45, 7) is 0. The first-order valence-corrected chi connectivity index (χ1v) is 7.89. The average molecular weight is 301 g/mol. The minimum Gasteiger partial charge on any atom is -0.495 e. The maximum absolute atomic E-state index is 11.9. The van der Waals surface area contributed by atoms with Crippen LogP contribution in [0.3, 0.4) is 0 Å². The smallest absolute Gasteiger partial charge is 0.224 e. The lowest BCUT2D eigenvalue weighted by Crippen LogP contribution is -2.12. The zero-order valence-corrected chi connectivity index (χ0v) is 12.9. The van der Waals surface area contributed by atoms with Crippen molar-refractivity contribution in [1.29, 1.82) is 0 Å². The van der Waals surface area contributed by atoms with Gasteiger partial charge >= 0.3 is 0 Å². The number of rotatable bonds is 7. The van der Waals surface area contributed by atoms with Crippen LogP contribution in [0.2, 0.25) is 0 Å². The number of carbonyl (C=O) groups is 1. The molecule has 110 valence electrons. The van der Waals surface area contributed by atoms with Gasteiger partial charge in [-0.15, -0.1) is 11.8 Å². The van der Waals surface area contributed by atoms with E-state index < -0.39 is 0 Å². The normalized spacial score (nSPS) is 10.1. The minimum absolute atomic E-state index is 0.0214. The maximum Gasteiger partial charge on any atom is 0.224 e. The molecule has 0 aromatic heterocycles. The van der Waals surface area contributed by atoms with Crippen LogP contribution in [-0.4, -0.2) is 18.8 Å². The highest BCUT2D eigenvalue weighted by Crippen LogP contribution is 2.23. The van der Waals surface area contributed by atoms with Gasteiger partial charge in [-0.3, -0.25) is 4.79 Å². The Morgan fingerprint density at radius 1 is 1.10 bits per heavy atom. The molecule has 0 atom stereocenters. The lowest BCUT2D eigenvalue weighted by atomic mass is 10.2. The summed E-state index contributed by atoms with van der Waals surface area (Å²) in [5.74, 6) is 1.64. The number of hydrogen-bond donors (Lipinski definition) is 1. The number of nitrogens with one attached hydrogen (secondary N) is 1. The predicted octanol–water partition coefficient (Wildman–Crippen LogP) is 4.21. The fourth-order valence-corrected chi connectivity index (χ4v) is 2.77. The summed E-state index contributed by atoms with van der Waals surface area (Å²) in [6, 6.07) is 17.7. The van der Waals surface area contributed by atoms with Crippen LogP contribution in [0.5, 0.6) is 5.75 Å². The van der Waals surface area contributed by atoms with Gasteiger partial charge in [0.15, 0.2) is 0 Å². The van der Waals surface area contributed by atoms with Crippen LogP contribution in [0.4, 0.5) is 5.69 Å². The molecule has 0 heterocycles. The molecular formula is C17H19NO2S. The molecule has 0 spiro atoms. The molecular weight excluding hydrogens is 282 g/mol. The van der Waals surface area contributed by atoms with Gasteiger partial charge in [0.05, 0.1) is 12.8 Å². The molecule has 2 aromatic rings. The molecule has 0 fully saturated rings. The van der Waals surface area contributed by atoms with E-state index in [-0.39, 0.29) is 5.91 Å². The van der Waals surface area contributed by atoms with Crippen molar-refractivity contribution in [2.45, 2.75) is 17.7 Å². The molecule has 4 heteroatoms. The van der Waals surface area contributed by atoms with E-state index in [9.17, 15) is 4.79 Å². The summed E-state index contributed by atoms with van der Waals surface area (Å²) in [7, 11) is 1.60. The second kappa shape index (κ2) is 8.37. The summed E-state index contributed by atoms with van der Waals surface area (Å²) < 4.78 is 5.21. The van der Waals surface area contributed by atoms with Crippen LogP contribution in [0.1, 0.15) is 12.8 Å². The molecule has 21 heavy (non-hydrogen) atoms. The van der Waals surface area contributed by atoms with Gasteiger partial charge in [0, 0.05) is 11.3 Å². The van der Waals surface area contributed by atoms with Crippen LogP contribution in [0.25, 0.3) is 0 Å². The molecule has 2 aromatic carbocycles. The highest BCUT2D eigenvalue weighted by atomic mass is 32.2. The van der Waals surface area contributed by atoms with Gasteiger partial charge in [-0.25, -0.2) is 0 Å². The van der Waals surface area contributed by atoms with Crippen LogP contribution in [-0.2, 0) is 4.79 Å². The molecule has 0 unspecified atom stereocenters. The van der Waals surface area contributed by atoms with Gasteiger partial charge in [-0.05, 0) is 36.4 Å². The lowest BCUT2D eigenvalue weighted by Gasteiger charge is -2.09. The zero-order valence-electron chi connectivity index (χ0n) is 12.0. The van der Waals surface area contributed by atoms with Crippen molar-refractivity contribution in [3.05, 3.63) is 54.6 Å². The molecule has 0 aliphatic heterocycles. The van der Waals surface area contributed by atoms with Crippen molar-refractivity contribution in [2.24, 2.45) is 0 Å². The summed E-state index contributed by atoms with van der Waals surface area (Å²) in [5, 5.41) is 2.89. The second-order valence-electron chi connectivity index (χ2n) is 4.51. The SMILES string of the molecule is COc1ccccc1NC(=O)CCCSc1ccccc1. The molecule has 0 saturated heterocycles. The molecule has 0 radical (unpaired) electrons. The maximum atomic E-state index is 11.9. The Labute approximate surface area is 129 Å². The Hall–Kier alpha value is -1.94. The standard InChI is InChI=1S/C17H19NO2S/c1-20-16-11-6-5-10-15(16)18-17(19)12-7-13-21-14-8-3-2-4-9-14/h2-6,8-11H,7,12-13H2,1H3,(H,18,19). The summed E-state index contributed by atoms with van der Waals surface area (Å²) in [6.07, 6.45) is 1.36. The monoisotopic (exact) mass is 301 g/mol. The van der Waals surface area contributed by atoms with E-state index in [0.29, 0.717) is 12.2 Å². The van der Waals surface area contributed by atoms with Crippen LogP contribution in [0, 0.1) is 0 Å². The van der Waals surface area contributed by atoms with Crippen molar-refractivity contribution in [3.8, 4) is 5.75 Å². The van der Waals surface area contributed by atoms with Crippen LogP contribution < -0.4 is 10.1 Å². The number of amides is 1. The number of benzene rings is 2. The van der Waals surface area contributed by atoms with Gasteiger partial charge in [-0.1, -0.05) is 30.3 Å². The van der Waals surface area contributed by atoms with E-state index in [0.717, 1.165) is 17.9 Å². The van der Waals surface area contributed by atoms with Crippen molar-refractivity contribution in [3.63, 3.8) is 0 Å². The number of carbonyl (C=O) groups excluding carboxylic acids is 1. The number of para-hydroxylation sites is 2. The third-order valence-electron chi connectivity index (χ3n) is 2.94. The number of thioether (sulfide) groups is 1. The van der Waals surface area contributed by atoms with Gasteiger partial charge in [0.2, 0.25) is 5.91 Å². The number of methoxy groups -OCH3 is 1. The Morgan fingerprint density at radius 3 is 2.57 bits per heavy atom. The highest BCUT2D eigenvalue weighted by molar-refractivity contribution is 7.99. The van der Waals surface area contributed by atoms with Gasteiger partial charge in [0.25, 0.3) is 0 Å². The van der Waals surface area contributed by atoms with Crippen molar-refractivity contribution >= 4 is 23.4 Å². The first-order chi connectivity index (χ1) is 10.3. The minimum atomic E-state index is 0.0214. The zero-order chi connectivity index (χ0) is 14.9. The van der Waals surface area contributed by atoms with Gasteiger partial charge in [-0.2, -0.15) is 0 Å². The van der Waals surface area contributed by atoms with Crippen LogP contribution in [0.15, 0.2) is 59.5 Å². The fraction of sp³-hybridized carbons (Fsp3) is 0.235. The van der Waals surface area contributed by atoms with E-state index in [4.69, 9.17) is 4.74 Å². The molecule has 1 N–H and O–H groups in total. The van der Waals surface area contributed by atoms with E-state index in [1.165, 1.54) is 4.90 Å². The third kappa shape index (κ3) is 5.16. The Bertz CT molecular complexity index is 572. The highest BCUT2D eigenvalue weighted by Gasteiger charge is 2.06. The number of ether oxygens (including phenoxy) is 1. The fourth-order valence-electron chi connectivity index (χ4n) is 1.90. The Kier molecular flexibility index (Phi) is 6.16. The molecule has 0 aliphatic rings. The third-order valence-corrected chi connectivity index (χ3v) is 4.04. The summed E-state index contributed by atoms with van der Waals surface area (Å²) in [5.41, 5.74) is 0.723. The molecule has 1 amide bonds. The molecule has 0 aliphatic carbocycles. The number of anilines is 1. The molecule has 3 nitrogen and oxygen atoms in total. The Balaban J connectivity index is 1.72. The van der Waals surface area contributed by atoms with E-state index in [1.54, 1.807) is 18.9 Å². The van der Waals surface area contributed by atoms with Crippen molar-refractivity contribution in [1.82, 2.24) is 0 Å². The van der Waals surface area contributed by atoms with Gasteiger partial charge in [0.1, 0.15) is 5.75 Å². The predicted molar refractivity (Wildman–Crippen MR) is 88.0 cm³/mol. The Morgan fingerprint density at radius 2 is 1.81 bits per heavy atom.